The lowest BCUT2D eigenvalue weighted by Gasteiger charge is -2.29. The number of hydrogen-bond donors (Lipinski definition) is 3. The largest absolute Gasteiger partial charge is 0.399 e. The monoisotopic (exact) mass is 311 g/mol. The second kappa shape index (κ2) is 7.24. The molecule has 1 saturated heterocycles. The molecule has 0 atom stereocenters. The van der Waals surface area contributed by atoms with E-state index in [0.29, 0.717) is 0 Å². The van der Waals surface area contributed by atoms with E-state index in [-0.39, 0.29) is 0 Å². The average molecular weight is 311 g/mol. The Morgan fingerprint density at radius 1 is 0.609 bits per heavy atom. The van der Waals surface area contributed by atoms with Crippen LogP contribution in [-0.4, -0.2) is 39.3 Å². The molecular weight excluding hydrogens is 286 g/mol. The van der Waals surface area contributed by atoms with Crippen LogP contribution in [-0.2, 0) is 0 Å². The molecule has 23 heavy (non-hydrogen) atoms. The lowest BCUT2D eigenvalue weighted by Crippen LogP contribution is -2.36. The van der Waals surface area contributed by atoms with Crippen molar-refractivity contribution in [3.63, 3.8) is 0 Å². The van der Waals surface area contributed by atoms with Crippen LogP contribution >= 0.6 is 0 Å². The molecule has 0 radical (unpaired) electrons. The lowest BCUT2D eigenvalue weighted by molar-refractivity contribution is 0.686. The molecule has 2 aromatic rings. The molecule has 1 heterocycles. The number of nitrogens with zero attached hydrogens (tertiary/aromatic N) is 2. The molecule has 1 aliphatic rings. The Kier molecular flexibility index (Phi) is 4.88. The van der Waals surface area contributed by atoms with Gasteiger partial charge in [0.05, 0.1) is 0 Å². The Morgan fingerprint density at radius 2 is 1.00 bits per heavy atom. The lowest BCUT2D eigenvalue weighted by atomic mass is 10.2. The SMILES string of the molecule is Nc1ccc(N2CCNCCN(c3ccc(N)cc3)CC2)cc1. The van der Waals surface area contributed by atoms with Crippen molar-refractivity contribution in [1.29, 1.82) is 0 Å². The maximum absolute atomic E-state index is 5.80. The summed E-state index contributed by atoms with van der Waals surface area (Å²) in [5, 5.41) is 3.52. The molecular formula is C18H25N5. The third-order valence-electron chi connectivity index (χ3n) is 4.27. The van der Waals surface area contributed by atoms with Crippen LogP contribution in [0.1, 0.15) is 0 Å². The van der Waals surface area contributed by atoms with Crippen LogP contribution in [0.15, 0.2) is 48.5 Å². The van der Waals surface area contributed by atoms with Gasteiger partial charge in [-0.1, -0.05) is 0 Å². The van der Waals surface area contributed by atoms with E-state index in [4.69, 9.17) is 11.5 Å². The highest BCUT2D eigenvalue weighted by Gasteiger charge is 2.13. The topological polar surface area (TPSA) is 70.5 Å². The minimum atomic E-state index is 0.805. The quantitative estimate of drug-likeness (QED) is 0.737. The van der Waals surface area contributed by atoms with Gasteiger partial charge < -0.3 is 26.6 Å². The van der Waals surface area contributed by atoms with Crippen LogP contribution in [0, 0.1) is 0 Å². The molecule has 0 aliphatic carbocycles. The zero-order valence-electron chi connectivity index (χ0n) is 13.4. The van der Waals surface area contributed by atoms with Gasteiger partial charge in [-0.2, -0.15) is 0 Å². The van der Waals surface area contributed by atoms with Crippen molar-refractivity contribution in [3.8, 4) is 0 Å². The minimum absolute atomic E-state index is 0.805. The normalized spacial score (nSPS) is 16.5. The van der Waals surface area contributed by atoms with E-state index in [0.717, 1.165) is 50.6 Å². The summed E-state index contributed by atoms with van der Waals surface area (Å²) < 4.78 is 0. The number of benzene rings is 2. The van der Waals surface area contributed by atoms with E-state index in [9.17, 15) is 0 Å². The molecule has 2 aromatic carbocycles. The highest BCUT2D eigenvalue weighted by molar-refractivity contribution is 5.55. The first-order chi connectivity index (χ1) is 11.2. The van der Waals surface area contributed by atoms with E-state index in [1.54, 1.807) is 0 Å². The third kappa shape index (κ3) is 4.07. The Hall–Kier alpha value is -2.40. The summed E-state index contributed by atoms with van der Waals surface area (Å²) in [4.78, 5) is 4.81. The number of anilines is 4. The smallest absolute Gasteiger partial charge is 0.0368 e. The second-order valence-electron chi connectivity index (χ2n) is 5.91. The van der Waals surface area contributed by atoms with Crippen molar-refractivity contribution in [3.05, 3.63) is 48.5 Å². The van der Waals surface area contributed by atoms with Gasteiger partial charge in [-0.05, 0) is 48.5 Å². The van der Waals surface area contributed by atoms with Crippen LogP contribution in [0.4, 0.5) is 22.7 Å². The number of hydrogen-bond acceptors (Lipinski definition) is 5. The Labute approximate surface area is 137 Å². The highest BCUT2D eigenvalue weighted by Crippen LogP contribution is 2.19. The molecule has 0 spiro atoms. The average Bonchev–Trinajstić information content (AvgIpc) is 2.68. The first-order valence-electron chi connectivity index (χ1n) is 8.14. The van der Waals surface area contributed by atoms with Crippen molar-refractivity contribution in [2.24, 2.45) is 0 Å². The molecule has 0 unspecified atom stereocenters. The second-order valence-corrected chi connectivity index (χ2v) is 5.91. The summed E-state index contributed by atoms with van der Waals surface area (Å²) in [7, 11) is 0. The molecule has 5 nitrogen and oxygen atoms in total. The summed E-state index contributed by atoms with van der Waals surface area (Å²) in [6.07, 6.45) is 0. The zero-order valence-corrected chi connectivity index (χ0v) is 13.4. The van der Waals surface area contributed by atoms with E-state index >= 15 is 0 Å². The molecule has 122 valence electrons. The van der Waals surface area contributed by atoms with Gasteiger partial charge in [0.25, 0.3) is 0 Å². The van der Waals surface area contributed by atoms with Gasteiger partial charge in [0, 0.05) is 62.0 Å². The molecule has 5 heteroatoms. The molecule has 5 N–H and O–H groups in total. The zero-order chi connectivity index (χ0) is 16.1. The highest BCUT2D eigenvalue weighted by atomic mass is 15.2. The van der Waals surface area contributed by atoms with Crippen molar-refractivity contribution in [2.75, 3.05) is 60.5 Å². The van der Waals surface area contributed by atoms with Crippen molar-refractivity contribution < 1.29 is 0 Å². The third-order valence-corrected chi connectivity index (χ3v) is 4.27. The van der Waals surface area contributed by atoms with Gasteiger partial charge in [0.2, 0.25) is 0 Å². The first-order valence-corrected chi connectivity index (χ1v) is 8.14. The fraction of sp³-hybridized carbons (Fsp3) is 0.333. The Bertz CT molecular complexity index is 553. The van der Waals surface area contributed by atoms with E-state index in [1.165, 1.54) is 11.4 Å². The molecule has 0 saturated carbocycles. The van der Waals surface area contributed by atoms with Gasteiger partial charge in [0.15, 0.2) is 0 Å². The molecule has 1 fully saturated rings. The fourth-order valence-corrected chi connectivity index (χ4v) is 2.90. The summed E-state index contributed by atoms with van der Waals surface area (Å²) in [5.74, 6) is 0. The van der Waals surface area contributed by atoms with Crippen molar-refractivity contribution >= 4 is 22.7 Å². The molecule has 0 bridgehead atoms. The molecule has 1 aliphatic heterocycles. The minimum Gasteiger partial charge on any atom is -0.399 e. The fourth-order valence-electron chi connectivity index (χ4n) is 2.90. The van der Waals surface area contributed by atoms with Gasteiger partial charge in [-0.15, -0.1) is 0 Å². The summed E-state index contributed by atoms with van der Waals surface area (Å²) >= 11 is 0. The predicted molar refractivity (Wildman–Crippen MR) is 99.0 cm³/mol. The van der Waals surface area contributed by atoms with Gasteiger partial charge in [-0.25, -0.2) is 0 Å². The summed E-state index contributed by atoms with van der Waals surface area (Å²) in [5.41, 5.74) is 15.7. The summed E-state index contributed by atoms with van der Waals surface area (Å²) in [6.45, 7) is 5.94. The van der Waals surface area contributed by atoms with Crippen LogP contribution in [0.2, 0.25) is 0 Å². The Balaban J connectivity index is 1.73. The molecule has 3 rings (SSSR count). The van der Waals surface area contributed by atoms with E-state index in [1.807, 2.05) is 24.3 Å². The number of nitrogens with one attached hydrogen (secondary N) is 1. The molecule has 0 aromatic heterocycles. The number of nitrogen functional groups attached to an aromatic ring is 2. The van der Waals surface area contributed by atoms with Crippen LogP contribution < -0.4 is 26.6 Å². The van der Waals surface area contributed by atoms with E-state index < -0.39 is 0 Å². The van der Waals surface area contributed by atoms with E-state index in [2.05, 4.69) is 39.4 Å². The first kappa shape index (κ1) is 15.5. The van der Waals surface area contributed by atoms with Crippen LogP contribution in [0.3, 0.4) is 0 Å². The summed E-state index contributed by atoms with van der Waals surface area (Å²) in [6, 6.07) is 16.3. The van der Waals surface area contributed by atoms with Gasteiger partial charge >= 0.3 is 0 Å². The van der Waals surface area contributed by atoms with Crippen molar-refractivity contribution in [1.82, 2.24) is 5.32 Å². The Morgan fingerprint density at radius 3 is 1.39 bits per heavy atom. The van der Waals surface area contributed by atoms with Crippen molar-refractivity contribution in [2.45, 2.75) is 0 Å². The maximum Gasteiger partial charge on any atom is 0.0368 e. The van der Waals surface area contributed by atoms with Gasteiger partial charge in [0.1, 0.15) is 0 Å². The maximum atomic E-state index is 5.80. The predicted octanol–water partition coefficient (Wildman–Crippen LogP) is 1.77. The molecule has 0 amide bonds. The number of nitrogens with two attached hydrogens (primary N) is 2. The standard InChI is InChI=1S/C18H25N5/c19-15-1-5-17(6-2-15)22-11-9-21-10-12-23(14-13-22)18-7-3-16(20)4-8-18/h1-8,21H,9-14,19-20H2. The van der Waals surface area contributed by atoms with Crippen LogP contribution in [0.25, 0.3) is 0 Å². The van der Waals surface area contributed by atoms with Crippen LogP contribution in [0.5, 0.6) is 0 Å². The number of rotatable bonds is 2. The van der Waals surface area contributed by atoms with Gasteiger partial charge in [-0.3, -0.25) is 0 Å².